The first-order valence-corrected chi connectivity index (χ1v) is 6.62. The lowest BCUT2D eigenvalue weighted by atomic mass is 10.1. The van der Waals surface area contributed by atoms with Crippen LogP contribution in [-0.2, 0) is 9.47 Å². The second kappa shape index (κ2) is 8.68. The summed E-state index contributed by atoms with van der Waals surface area (Å²) in [6.07, 6.45) is 0. The SMILES string of the molecule is COCCN(CC(=O)c1ccc(O)cc1)C(C)COC. The Morgan fingerprint density at radius 1 is 1.25 bits per heavy atom. The molecule has 0 spiro atoms. The third-order valence-corrected chi connectivity index (χ3v) is 3.15. The molecule has 1 rings (SSSR count). The van der Waals surface area contributed by atoms with Gasteiger partial charge in [0.1, 0.15) is 5.75 Å². The van der Waals surface area contributed by atoms with Crippen molar-refractivity contribution in [2.45, 2.75) is 13.0 Å². The highest BCUT2D eigenvalue weighted by Gasteiger charge is 2.18. The van der Waals surface area contributed by atoms with Crippen LogP contribution in [0.15, 0.2) is 24.3 Å². The van der Waals surface area contributed by atoms with Crippen molar-refractivity contribution in [3.8, 4) is 5.75 Å². The lowest BCUT2D eigenvalue weighted by Gasteiger charge is -2.27. The van der Waals surface area contributed by atoms with Gasteiger partial charge in [0.2, 0.25) is 0 Å². The standard InChI is InChI=1S/C15H23NO4/c1-12(11-20-3)16(8-9-19-2)10-15(18)13-4-6-14(17)7-5-13/h4-7,12,17H,8-11H2,1-3H3. The summed E-state index contributed by atoms with van der Waals surface area (Å²) in [7, 11) is 3.29. The van der Waals surface area contributed by atoms with Crippen molar-refractivity contribution in [2.75, 3.05) is 40.5 Å². The Morgan fingerprint density at radius 2 is 1.90 bits per heavy atom. The largest absolute Gasteiger partial charge is 0.508 e. The van der Waals surface area contributed by atoms with Crippen molar-refractivity contribution in [3.05, 3.63) is 29.8 Å². The first-order chi connectivity index (χ1) is 9.58. The van der Waals surface area contributed by atoms with Gasteiger partial charge in [0.05, 0.1) is 19.8 Å². The van der Waals surface area contributed by atoms with Gasteiger partial charge < -0.3 is 14.6 Å². The van der Waals surface area contributed by atoms with Gasteiger partial charge >= 0.3 is 0 Å². The summed E-state index contributed by atoms with van der Waals surface area (Å²) in [4.78, 5) is 14.3. The molecule has 1 aromatic rings. The normalized spacial score (nSPS) is 12.6. The molecule has 112 valence electrons. The van der Waals surface area contributed by atoms with Crippen molar-refractivity contribution in [2.24, 2.45) is 0 Å². The Hall–Kier alpha value is -1.43. The highest BCUT2D eigenvalue weighted by molar-refractivity contribution is 5.97. The highest BCUT2D eigenvalue weighted by Crippen LogP contribution is 2.11. The van der Waals surface area contributed by atoms with Gasteiger partial charge in [-0.05, 0) is 31.2 Å². The fourth-order valence-electron chi connectivity index (χ4n) is 1.93. The number of nitrogens with zero attached hydrogens (tertiary/aromatic N) is 1. The molecule has 0 aliphatic carbocycles. The maximum absolute atomic E-state index is 12.2. The van der Waals surface area contributed by atoms with E-state index in [-0.39, 0.29) is 17.6 Å². The summed E-state index contributed by atoms with van der Waals surface area (Å²) < 4.78 is 10.2. The number of aromatic hydroxyl groups is 1. The number of methoxy groups -OCH3 is 2. The number of Topliss-reactive ketones (excluding diaryl/α,β-unsaturated/α-hetero) is 1. The van der Waals surface area contributed by atoms with Gasteiger partial charge in [0.15, 0.2) is 5.78 Å². The number of ketones is 1. The fourth-order valence-corrected chi connectivity index (χ4v) is 1.93. The van der Waals surface area contributed by atoms with E-state index in [0.717, 1.165) is 0 Å². The number of hydrogen-bond donors (Lipinski definition) is 1. The fraction of sp³-hybridized carbons (Fsp3) is 0.533. The first-order valence-electron chi connectivity index (χ1n) is 6.62. The third-order valence-electron chi connectivity index (χ3n) is 3.15. The Kier molecular flexibility index (Phi) is 7.22. The second-order valence-electron chi connectivity index (χ2n) is 4.74. The van der Waals surface area contributed by atoms with Gasteiger partial charge in [-0.15, -0.1) is 0 Å². The van der Waals surface area contributed by atoms with E-state index in [0.29, 0.717) is 31.9 Å². The van der Waals surface area contributed by atoms with Gasteiger partial charge in [-0.3, -0.25) is 9.69 Å². The molecule has 0 aliphatic rings. The van der Waals surface area contributed by atoms with Crippen LogP contribution in [0.25, 0.3) is 0 Å². The van der Waals surface area contributed by atoms with Crippen molar-refractivity contribution in [1.29, 1.82) is 0 Å². The van der Waals surface area contributed by atoms with E-state index >= 15 is 0 Å². The molecule has 0 radical (unpaired) electrons. The molecular formula is C15H23NO4. The molecule has 1 aromatic carbocycles. The van der Waals surface area contributed by atoms with Crippen LogP contribution < -0.4 is 0 Å². The monoisotopic (exact) mass is 281 g/mol. The molecule has 0 amide bonds. The second-order valence-corrected chi connectivity index (χ2v) is 4.74. The predicted molar refractivity (Wildman–Crippen MR) is 77.2 cm³/mol. The van der Waals surface area contributed by atoms with Gasteiger partial charge in [0, 0.05) is 32.4 Å². The molecule has 1 unspecified atom stereocenters. The van der Waals surface area contributed by atoms with E-state index in [4.69, 9.17) is 9.47 Å². The molecule has 0 saturated heterocycles. The van der Waals surface area contributed by atoms with E-state index in [9.17, 15) is 9.90 Å². The van der Waals surface area contributed by atoms with Crippen LogP contribution in [-0.4, -0.2) is 62.4 Å². The molecule has 1 N–H and O–H groups in total. The molecule has 0 aromatic heterocycles. The third kappa shape index (κ3) is 5.28. The average Bonchev–Trinajstić information content (AvgIpc) is 2.44. The number of rotatable bonds is 9. The van der Waals surface area contributed by atoms with E-state index in [1.165, 1.54) is 12.1 Å². The van der Waals surface area contributed by atoms with E-state index in [1.807, 2.05) is 11.8 Å². The van der Waals surface area contributed by atoms with Gasteiger partial charge in [0.25, 0.3) is 0 Å². The first kappa shape index (κ1) is 16.6. The van der Waals surface area contributed by atoms with E-state index in [1.54, 1.807) is 26.4 Å². The zero-order valence-corrected chi connectivity index (χ0v) is 12.3. The lowest BCUT2D eigenvalue weighted by Crippen LogP contribution is -2.41. The van der Waals surface area contributed by atoms with Crippen LogP contribution in [0.1, 0.15) is 17.3 Å². The van der Waals surface area contributed by atoms with Crippen molar-refractivity contribution in [3.63, 3.8) is 0 Å². The molecule has 0 heterocycles. The van der Waals surface area contributed by atoms with Gasteiger partial charge in [-0.2, -0.15) is 0 Å². The number of benzene rings is 1. The van der Waals surface area contributed by atoms with Gasteiger partial charge in [-0.1, -0.05) is 0 Å². The summed E-state index contributed by atoms with van der Waals surface area (Å²) >= 11 is 0. The number of hydrogen-bond acceptors (Lipinski definition) is 5. The number of ether oxygens (including phenoxy) is 2. The summed E-state index contributed by atoms with van der Waals surface area (Å²) in [5.74, 6) is 0.176. The quantitative estimate of drug-likeness (QED) is 0.696. The van der Waals surface area contributed by atoms with Crippen LogP contribution in [0, 0.1) is 0 Å². The minimum Gasteiger partial charge on any atom is -0.508 e. The maximum atomic E-state index is 12.2. The van der Waals surface area contributed by atoms with Gasteiger partial charge in [-0.25, -0.2) is 0 Å². The summed E-state index contributed by atoms with van der Waals surface area (Å²) in [6, 6.07) is 6.44. The highest BCUT2D eigenvalue weighted by atomic mass is 16.5. The molecule has 20 heavy (non-hydrogen) atoms. The minimum absolute atomic E-state index is 0.0176. The van der Waals surface area contributed by atoms with Crippen LogP contribution in [0.4, 0.5) is 0 Å². The molecule has 1 atom stereocenters. The zero-order chi connectivity index (χ0) is 15.0. The molecule has 0 fully saturated rings. The minimum atomic E-state index is 0.0176. The summed E-state index contributed by atoms with van der Waals surface area (Å²) in [5, 5.41) is 9.24. The topological polar surface area (TPSA) is 59.0 Å². The predicted octanol–water partition coefficient (Wildman–Crippen LogP) is 1.56. The number of carbonyl (C=O) groups excluding carboxylic acids is 1. The Morgan fingerprint density at radius 3 is 2.45 bits per heavy atom. The van der Waals surface area contributed by atoms with E-state index in [2.05, 4.69) is 0 Å². The number of phenols is 1. The average molecular weight is 281 g/mol. The Labute approximate surface area is 120 Å². The summed E-state index contributed by atoms with van der Waals surface area (Å²) in [6.45, 7) is 4.12. The smallest absolute Gasteiger partial charge is 0.176 e. The van der Waals surface area contributed by atoms with Crippen LogP contribution in [0.2, 0.25) is 0 Å². The van der Waals surface area contributed by atoms with Crippen molar-refractivity contribution >= 4 is 5.78 Å². The molecular weight excluding hydrogens is 258 g/mol. The molecule has 0 saturated carbocycles. The van der Waals surface area contributed by atoms with Crippen molar-refractivity contribution < 1.29 is 19.4 Å². The van der Waals surface area contributed by atoms with Crippen LogP contribution in [0.5, 0.6) is 5.75 Å². The Bertz CT molecular complexity index is 405. The molecule has 5 nitrogen and oxygen atoms in total. The Balaban J connectivity index is 2.67. The van der Waals surface area contributed by atoms with Crippen molar-refractivity contribution in [1.82, 2.24) is 4.90 Å². The van der Waals surface area contributed by atoms with Crippen LogP contribution >= 0.6 is 0 Å². The number of carbonyl (C=O) groups is 1. The maximum Gasteiger partial charge on any atom is 0.176 e. The number of phenolic OH excluding ortho intramolecular Hbond substituents is 1. The van der Waals surface area contributed by atoms with Crippen LogP contribution in [0.3, 0.4) is 0 Å². The zero-order valence-electron chi connectivity index (χ0n) is 12.3. The van der Waals surface area contributed by atoms with E-state index < -0.39 is 0 Å². The molecule has 0 aliphatic heterocycles. The molecule has 5 heteroatoms. The lowest BCUT2D eigenvalue weighted by molar-refractivity contribution is 0.0651. The summed E-state index contributed by atoms with van der Waals surface area (Å²) in [5.41, 5.74) is 0.592. The molecule has 0 bridgehead atoms.